The summed E-state index contributed by atoms with van der Waals surface area (Å²) in [5, 5.41) is 0. The van der Waals surface area contributed by atoms with Crippen molar-refractivity contribution >= 4 is 0 Å². The van der Waals surface area contributed by atoms with Crippen LogP contribution < -0.4 is 4.74 Å². The van der Waals surface area contributed by atoms with Crippen molar-refractivity contribution in [1.82, 2.24) is 14.9 Å². The van der Waals surface area contributed by atoms with E-state index in [-0.39, 0.29) is 11.9 Å². The number of aromatic nitrogens is 2. The van der Waals surface area contributed by atoms with Crippen molar-refractivity contribution in [2.24, 2.45) is 0 Å². The Kier molecular flexibility index (Phi) is 3.84. The van der Waals surface area contributed by atoms with Crippen molar-refractivity contribution in [3.05, 3.63) is 53.1 Å². The summed E-state index contributed by atoms with van der Waals surface area (Å²) in [6.07, 6.45) is 4.50. The summed E-state index contributed by atoms with van der Waals surface area (Å²) in [4.78, 5) is 10.6. The van der Waals surface area contributed by atoms with Crippen LogP contribution in [-0.4, -0.2) is 28.5 Å². The smallest absolute Gasteiger partial charge is 0.316 e. The van der Waals surface area contributed by atoms with Crippen LogP contribution in [0.3, 0.4) is 0 Å². The van der Waals surface area contributed by atoms with Crippen LogP contribution in [0.25, 0.3) is 0 Å². The zero-order chi connectivity index (χ0) is 14.8. The SMILES string of the molecule is COc1ncc(CN2CCc3ccc(F)cc3C2C)cn1. The maximum atomic E-state index is 13.5. The number of fused-ring (bicyclic) bond motifs is 1. The lowest BCUT2D eigenvalue weighted by molar-refractivity contribution is 0.188. The molecule has 1 aromatic heterocycles. The molecule has 1 aliphatic heterocycles. The fourth-order valence-electron chi connectivity index (χ4n) is 2.82. The van der Waals surface area contributed by atoms with Crippen molar-refractivity contribution in [2.75, 3.05) is 13.7 Å². The molecule has 0 saturated carbocycles. The first-order chi connectivity index (χ1) is 10.2. The van der Waals surface area contributed by atoms with E-state index < -0.39 is 0 Å². The molecule has 0 saturated heterocycles. The van der Waals surface area contributed by atoms with Gasteiger partial charge in [-0.3, -0.25) is 4.90 Å². The maximum Gasteiger partial charge on any atom is 0.316 e. The van der Waals surface area contributed by atoms with Crippen molar-refractivity contribution in [2.45, 2.75) is 25.9 Å². The molecule has 0 spiro atoms. The van der Waals surface area contributed by atoms with Crippen LogP contribution in [0.15, 0.2) is 30.6 Å². The summed E-state index contributed by atoms with van der Waals surface area (Å²) in [6, 6.07) is 5.65. The second-order valence-electron chi connectivity index (χ2n) is 5.32. The molecular formula is C16H18FN3O. The van der Waals surface area contributed by atoms with Crippen LogP contribution in [0, 0.1) is 5.82 Å². The van der Waals surface area contributed by atoms with Crippen molar-refractivity contribution in [3.63, 3.8) is 0 Å². The molecule has 3 rings (SSSR count). The number of rotatable bonds is 3. The van der Waals surface area contributed by atoms with E-state index in [0.29, 0.717) is 6.01 Å². The summed E-state index contributed by atoms with van der Waals surface area (Å²) in [5.41, 5.74) is 3.35. The van der Waals surface area contributed by atoms with Gasteiger partial charge in [-0.05, 0) is 36.6 Å². The van der Waals surface area contributed by atoms with Gasteiger partial charge in [-0.25, -0.2) is 14.4 Å². The Balaban J connectivity index is 1.77. The third-order valence-corrected chi connectivity index (χ3v) is 4.02. The molecule has 0 fully saturated rings. The van der Waals surface area contributed by atoms with Gasteiger partial charge in [0, 0.05) is 37.1 Å². The number of halogens is 1. The van der Waals surface area contributed by atoms with Gasteiger partial charge in [0.25, 0.3) is 0 Å². The fraction of sp³-hybridized carbons (Fsp3) is 0.375. The lowest BCUT2D eigenvalue weighted by Gasteiger charge is -2.35. The van der Waals surface area contributed by atoms with E-state index in [9.17, 15) is 4.39 Å². The largest absolute Gasteiger partial charge is 0.467 e. The van der Waals surface area contributed by atoms with Crippen LogP contribution in [0.2, 0.25) is 0 Å². The normalized spacial score (nSPS) is 18.3. The minimum atomic E-state index is -0.171. The number of hydrogen-bond acceptors (Lipinski definition) is 4. The van der Waals surface area contributed by atoms with Gasteiger partial charge in [0.15, 0.2) is 0 Å². The first-order valence-electron chi connectivity index (χ1n) is 7.04. The molecule has 110 valence electrons. The Bertz CT molecular complexity index is 630. The molecule has 0 aliphatic carbocycles. The summed E-state index contributed by atoms with van der Waals surface area (Å²) in [7, 11) is 1.55. The average molecular weight is 287 g/mol. The highest BCUT2D eigenvalue weighted by atomic mass is 19.1. The Labute approximate surface area is 123 Å². The number of benzene rings is 1. The highest BCUT2D eigenvalue weighted by molar-refractivity contribution is 5.33. The van der Waals surface area contributed by atoms with Gasteiger partial charge in [-0.1, -0.05) is 6.07 Å². The lowest BCUT2D eigenvalue weighted by atomic mass is 9.93. The van der Waals surface area contributed by atoms with Gasteiger partial charge >= 0.3 is 6.01 Å². The van der Waals surface area contributed by atoms with Gasteiger partial charge in [0.2, 0.25) is 0 Å². The molecule has 0 amide bonds. The van der Waals surface area contributed by atoms with Gasteiger partial charge in [-0.2, -0.15) is 0 Å². The summed E-state index contributed by atoms with van der Waals surface area (Å²) in [5.74, 6) is -0.171. The Morgan fingerprint density at radius 3 is 2.81 bits per heavy atom. The van der Waals surface area contributed by atoms with Crippen LogP contribution in [0.5, 0.6) is 6.01 Å². The quantitative estimate of drug-likeness (QED) is 0.870. The second-order valence-corrected chi connectivity index (χ2v) is 5.32. The van der Waals surface area contributed by atoms with Gasteiger partial charge < -0.3 is 4.74 Å². The third-order valence-electron chi connectivity index (χ3n) is 4.02. The van der Waals surface area contributed by atoms with E-state index in [1.807, 2.05) is 6.07 Å². The van der Waals surface area contributed by atoms with Crippen LogP contribution in [-0.2, 0) is 13.0 Å². The first kappa shape index (κ1) is 13.9. The average Bonchev–Trinajstić information content (AvgIpc) is 2.51. The highest BCUT2D eigenvalue weighted by Gasteiger charge is 2.24. The number of hydrogen-bond donors (Lipinski definition) is 0. The molecule has 1 aliphatic rings. The molecule has 2 aromatic rings. The molecule has 5 heteroatoms. The van der Waals surface area contributed by atoms with Gasteiger partial charge in [0.1, 0.15) is 5.82 Å². The van der Waals surface area contributed by atoms with Crippen molar-refractivity contribution in [1.29, 1.82) is 0 Å². The van der Waals surface area contributed by atoms with Crippen LogP contribution in [0.4, 0.5) is 4.39 Å². The molecule has 1 unspecified atom stereocenters. The number of ether oxygens (including phenoxy) is 1. The van der Waals surface area contributed by atoms with E-state index in [1.54, 1.807) is 31.6 Å². The minimum absolute atomic E-state index is 0.171. The molecule has 4 nitrogen and oxygen atoms in total. The zero-order valence-electron chi connectivity index (χ0n) is 12.2. The van der Waals surface area contributed by atoms with Gasteiger partial charge in [-0.15, -0.1) is 0 Å². The predicted molar refractivity (Wildman–Crippen MR) is 77.5 cm³/mol. The Morgan fingerprint density at radius 2 is 2.10 bits per heavy atom. The summed E-state index contributed by atoms with van der Waals surface area (Å²) < 4.78 is 18.4. The Hall–Kier alpha value is -2.01. The molecule has 0 N–H and O–H groups in total. The standard InChI is InChI=1S/C16H18FN3O/c1-11-15-7-14(17)4-3-13(15)5-6-20(11)10-12-8-18-16(21-2)19-9-12/h3-4,7-9,11H,5-6,10H2,1-2H3. The summed E-state index contributed by atoms with van der Waals surface area (Å²) >= 11 is 0. The molecule has 1 atom stereocenters. The Morgan fingerprint density at radius 1 is 1.33 bits per heavy atom. The molecule has 0 radical (unpaired) electrons. The van der Waals surface area contributed by atoms with Crippen LogP contribution in [0.1, 0.15) is 29.7 Å². The number of nitrogens with zero attached hydrogens (tertiary/aromatic N) is 3. The minimum Gasteiger partial charge on any atom is -0.467 e. The van der Waals surface area contributed by atoms with E-state index in [1.165, 1.54) is 5.56 Å². The zero-order valence-corrected chi connectivity index (χ0v) is 12.2. The third kappa shape index (κ3) is 2.88. The van der Waals surface area contributed by atoms with E-state index >= 15 is 0 Å². The van der Waals surface area contributed by atoms with E-state index in [2.05, 4.69) is 21.8 Å². The molecule has 21 heavy (non-hydrogen) atoms. The molecule has 0 bridgehead atoms. The molecule has 1 aromatic carbocycles. The van der Waals surface area contributed by atoms with Crippen molar-refractivity contribution < 1.29 is 9.13 Å². The fourth-order valence-corrected chi connectivity index (χ4v) is 2.82. The van der Waals surface area contributed by atoms with Gasteiger partial charge in [0.05, 0.1) is 7.11 Å². The first-order valence-corrected chi connectivity index (χ1v) is 7.04. The maximum absolute atomic E-state index is 13.5. The van der Waals surface area contributed by atoms with Crippen molar-refractivity contribution in [3.8, 4) is 6.01 Å². The molecule has 2 heterocycles. The van der Waals surface area contributed by atoms with Crippen LogP contribution >= 0.6 is 0 Å². The monoisotopic (exact) mass is 287 g/mol. The van der Waals surface area contributed by atoms with E-state index in [0.717, 1.165) is 30.6 Å². The second kappa shape index (κ2) is 5.77. The highest BCUT2D eigenvalue weighted by Crippen LogP contribution is 2.30. The van der Waals surface area contributed by atoms with E-state index in [4.69, 9.17) is 4.74 Å². The number of methoxy groups -OCH3 is 1. The lowest BCUT2D eigenvalue weighted by Crippen LogP contribution is -2.33. The molecular weight excluding hydrogens is 269 g/mol. The predicted octanol–water partition coefficient (Wildman–Crippen LogP) is 2.74. The topological polar surface area (TPSA) is 38.2 Å². The summed E-state index contributed by atoms with van der Waals surface area (Å²) in [6.45, 7) is 3.81.